The van der Waals surface area contributed by atoms with Crippen LogP contribution in [0.5, 0.6) is 5.75 Å². The summed E-state index contributed by atoms with van der Waals surface area (Å²) in [5, 5.41) is 35.5. The first kappa shape index (κ1) is 15.4. The monoisotopic (exact) mass is 348 g/mol. The number of fused-ring (bicyclic) bond motifs is 3. The standard InChI is InChI=1S/C16H11N7O3/c24-14-9(4-3-7-12(14)23(25)26)8-17-21-16-19-15-13(20-22-16)10-5-1-2-6-11(10)18-15/h1-8,24H,(H2,18,19,21,22)/p-1/b17-8-. The number of para-hydroxylation sites is 2. The van der Waals surface area contributed by atoms with Crippen LogP contribution in [-0.4, -0.2) is 31.3 Å². The van der Waals surface area contributed by atoms with Crippen LogP contribution >= 0.6 is 0 Å². The third-order valence-corrected chi connectivity index (χ3v) is 3.71. The molecule has 0 aliphatic rings. The Bertz CT molecular complexity index is 1170. The number of aromatic nitrogens is 4. The van der Waals surface area contributed by atoms with E-state index in [2.05, 4.69) is 30.7 Å². The van der Waals surface area contributed by atoms with E-state index in [1.54, 1.807) is 0 Å². The smallest absolute Gasteiger partial charge is 0.265 e. The van der Waals surface area contributed by atoms with Gasteiger partial charge in [-0.2, -0.15) is 10.1 Å². The van der Waals surface area contributed by atoms with Crippen LogP contribution in [-0.2, 0) is 0 Å². The van der Waals surface area contributed by atoms with E-state index in [1.165, 1.54) is 18.3 Å². The lowest BCUT2D eigenvalue weighted by Crippen LogP contribution is -2.03. The lowest BCUT2D eigenvalue weighted by atomic mass is 10.2. The molecule has 26 heavy (non-hydrogen) atoms. The molecule has 0 bridgehead atoms. The van der Waals surface area contributed by atoms with Crippen molar-refractivity contribution in [3.63, 3.8) is 0 Å². The Balaban J connectivity index is 1.60. The van der Waals surface area contributed by atoms with E-state index < -0.39 is 16.4 Å². The van der Waals surface area contributed by atoms with E-state index in [1.807, 2.05) is 24.3 Å². The molecule has 0 saturated carbocycles. The Labute approximate surface area is 145 Å². The van der Waals surface area contributed by atoms with E-state index in [0.29, 0.717) is 11.2 Å². The first-order chi connectivity index (χ1) is 12.6. The zero-order valence-corrected chi connectivity index (χ0v) is 13.1. The van der Waals surface area contributed by atoms with Gasteiger partial charge in [-0.1, -0.05) is 30.3 Å². The molecule has 0 radical (unpaired) electrons. The van der Waals surface area contributed by atoms with E-state index >= 15 is 0 Å². The molecule has 128 valence electrons. The number of aromatic amines is 1. The van der Waals surface area contributed by atoms with Crippen LogP contribution in [0.3, 0.4) is 0 Å². The minimum Gasteiger partial charge on any atom is -0.867 e. The summed E-state index contributed by atoms with van der Waals surface area (Å²) in [5.41, 5.74) is 4.19. The van der Waals surface area contributed by atoms with Crippen molar-refractivity contribution in [3.8, 4) is 5.75 Å². The fourth-order valence-corrected chi connectivity index (χ4v) is 2.52. The van der Waals surface area contributed by atoms with Crippen molar-refractivity contribution >= 4 is 39.9 Å². The van der Waals surface area contributed by atoms with Crippen molar-refractivity contribution in [2.24, 2.45) is 5.10 Å². The van der Waals surface area contributed by atoms with Gasteiger partial charge in [-0.3, -0.25) is 10.1 Å². The maximum atomic E-state index is 11.9. The van der Waals surface area contributed by atoms with Gasteiger partial charge in [0, 0.05) is 17.0 Å². The number of H-pyrrole nitrogens is 1. The summed E-state index contributed by atoms with van der Waals surface area (Å²) in [4.78, 5) is 17.4. The number of nitro groups is 1. The lowest BCUT2D eigenvalue weighted by Gasteiger charge is -2.09. The SMILES string of the molecule is O=[N+]([O-])c1cccc(/C=N\Nc2nnc3c(n2)[nH]c2ccccc23)c1[O-]. The molecule has 10 nitrogen and oxygen atoms in total. The number of nitrogens with one attached hydrogen (secondary N) is 2. The molecule has 2 aromatic heterocycles. The van der Waals surface area contributed by atoms with E-state index in [-0.39, 0.29) is 11.5 Å². The second kappa shape index (κ2) is 6.09. The highest BCUT2D eigenvalue weighted by molar-refractivity contribution is 6.03. The topological polar surface area (TPSA) is 145 Å². The van der Waals surface area contributed by atoms with Gasteiger partial charge in [0.15, 0.2) is 5.65 Å². The molecule has 0 unspecified atom stereocenters. The summed E-state index contributed by atoms with van der Waals surface area (Å²) in [5.74, 6) is -0.591. The summed E-state index contributed by atoms with van der Waals surface area (Å²) in [6.07, 6.45) is 1.17. The average Bonchev–Trinajstić information content (AvgIpc) is 3.00. The molecule has 0 amide bonds. The van der Waals surface area contributed by atoms with E-state index in [9.17, 15) is 15.2 Å². The molecule has 2 heterocycles. The first-order valence-electron chi connectivity index (χ1n) is 7.48. The molecule has 10 heteroatoms. The predicted molar refractivity (Wildman–Crippen MR) is 92.9 cm³/mol. The van der Waals surface area contributed by atoms with Gasteiger partial charge < -0.3 is 10.1 Å². The maximum Gasteiger partial charge on any atom is 0.265 e. The molecular formula is C16H10N7O3-. The molecular weight excluding hydrogens is 338 g/mol. The highest BCUT2D eigenvalue weighted by Gasteiger charge is 2.09. The fourth-order valence-electron chi connectivity index (χ4n) is 2.52. The number of benzene rings is 2. The number of anilines is 1. The quantitative estimate of drug-likeness (QED) is 0.325. The van der Waals surface area contributed by atoms with Gasteiger partial charge in [0.05, 0.1) is 11.1 Å². The van der Waals surface area contributed by atoms with Gasteiger partial charge in [0.25, 0.3) is 11.6 Å². The van der Waals surface area contributed by atoms with Crippen molar-refractivity contribution in [1.82, 2.24) is 20.2 Å². The van der Waals surface area contributed by atoms with E-state index in [4.69, 9.17) is 0 Å². The van der Waals surface area contributed by atoms with Crippen LogP contribution in [0, 0.1) is 10.1 Å². The Kier molecular flexibility index (Phi) is 3.62. The maximum absolute atomic E-state index is 11.9. The summed E-state index contributed by atoms with van der Waals surface area (Å²) in [6.45, 7) is 0. The number of hydrogen-bond acceptors (Lipinski definition) is 8. The Morgan fingerprint density at radius 1 is 1.15 bits per heavy atom. The summed E-state index contributed by atoms with van der Waals surface area (Å²) in [6, 6.07) is 11.6. The molecule has 0 spiro atoms. The van der Waals surface area contributed by atoms with Crippen molar-refractivity contribution in [2.45, 2.75) is 0 Å². The fraction of sp³-hybridized carbons (Fsp3) is 0. The highest BCUT2D eigenvalue weighted by Crippen LogP contribution is 2.25. The van der Waals surface area contributed by atoms with Gasteiger partial charge in [0.2, 0.25) is 0 Å². The third-order valence-electron chi connectivity index (χ3n) is 3.71. The van der Waals surface area contributed by atoms with Gasteiger partial charge in [-0.15, -0.1) is 10.2 Å². The number of hydrogen-bond donors (Lipinski definition) is 2. The Morgan fingerprint density at radius 3 is 2.85 bits per heavy atom. The number of nitro benzene ring substituents is 1. The largest absolute Gasteiger partial charge is 0.867 e. The minimum atomic E-state index is -0.732. The second-order valence-electron chi connectivity index (χ2n) is 5.33. The highest BCUT2D eigenvalue weighted by atomic mass is 16.6. The van der Waals surface area contributed by atoms with Gasteiger partial charge in [-0.05, 0) is 17.4 Å². The first-order valence-corrected chi connectivity index (χ1v) is 7.48. The van der Waals surface area contributed by atoms with Gasteiger partial charge in [-0.25, -0.2) is 5.43 Å². The van der Waals surface area contributed by atoms with Crippen molar-refractivity contribution < 1.29 is 10.0 Å². The molecule has 0 atom stereocenters. The second-order valence-corrected chi connectivity index (χ2v) is 5.33. The predicted octanol–water partition coefficient (Wildman–Crippen LogP) is 1.93. The van der Waals surface area contributed by atoms with Crippen molar-refractivity contribution in [3.05, 3.63) is 58.1 Å². The van der Waals surface area contributed by atoms with Crippen LogP contribution in [0.15, 0.2) is 47.6 Å². The lowest BCUT2D eigenvalue weighted by molar-refractivity contribution is -0.398. The van der Waals surface area contributed by atoms with Crippen LogP contribution in [0.25, 0.3) is 22.1 Å². The molecule has 4 rings (SSSR count). The number of hydrazone groups is 1. The third kappa shape index (κ3) is 2.65. The summed E-state index contributed by atoms with van der Waals surface area (Å²) < 4.78 is 0. The molecule has 0 aliphatic heterocycles. The molecule has 0 saturated heterocycles. The Hall–Kier alpha value is -4.08. The van der Waals surface area contributed by atoms with Crippen LogP contribution in [0.2, 0.25) is 0 Å². The van der Waals surface area contributed by atoms with Crippen LogP contribution in [0.4, 0.5) is 11.6 Å². The van der Waals surface area contributed by atoms with Crippen molar-refractivity contribution in [2.75, 3.05) is 5.43 Å². The number of nitrogens with zero attached hydrogens (tertiary/aromatic N) is 5. The zero-order chi connectivity index (χ0) is 18.1. The normalized spacial score (nSPS) is 11.4. The number of rotatable bonds is 4. The van der Waals surface area contributed by atoms with Gasteiger partial charge >= 0.3 is 0 Å². The van der Waals surface area contributed by atoms with Gasteiger partial charge in [0.1, 0.15) is 5.52 Å². The zero-order valence-electron chi connectivity index (χ0n) is 13.1. The minimum absolute atomic E-state index is 0.0753. The molecule has 2 aromatic carbocycles. The summed E-state index contributed by atoms with van der Waals surface area (Å²) in [7, 11) is 0. The van der Waals surface area contributed by atoms with E-state index in [0.717, 1.165) is 17.0 Å². The average molecular weight is 348 g/mol. The summed E-state index contributed by atoms with van der Waals surface area (Å²) >= 11 is 0. The van der Waals surface area contributed by atoms with Crippen molar-refractivity contribution in [1.29, 1.82) is 0 Å². The molecule has 0 aliphatic carbocycles. The molecule has 2 N–H and O–H groups in total. The van der Waals surface area contributed by atoms with Crippen LogP contribution in [0.1, 0.15) is 5.56 Å². The van der Waals surface area contributed by atoms with Crippen LogP contribution < -0.4 is 10.5 Å². The molecule has 4 aromatic rings. The molecule has 0 fully saturated rings. The Morgan fingerprint density at radius 2 is 2.00 bits per heavy atom.